The molecule has 4 nitrogen and oxygen atoms in total. The molecule has 0 fully saturated rings. The van der Waals surface area contributed by atoms with Gasteiger partial charge in [0.25, 0.3) is 5.91 Å². The summed E-state index contributed by atoms with van der Waals surface area (Å²) in [5.41, 5.74) is 3.32. The molecule has 4 aromatic rings. The van der Waals surface area contributed by atoms with Crippen LogP contribution in [-0.2, 0) is 0 Å². The molecular formula is C26H24FN3O. The number of carbonyl (C=O) groups excluding carboxylic acids is 1. The lowest BCUT2D eigenvalue weighted by Gasteiger charge is -2.17. The van der Waals surface area contributed by atoms with Crippen LogP contribution in [0.15, 0.2) is 78.9 Å². The fraction of sp³-hybridized carbons (Fsp3) is 0.154. The summed E-state index contributed by atoms with van der Waals surface area (Å²) in [4.78, 5) is 19.4. The maximum atomic E-state index is 13.3. The van der Waals surface area contributed by atoms with E-state index in [1.54, 1.807) is 12.1 Å². The van der Waals surface area contributed by atoms with Crippen molar-refractivity contribution in [2.75, 3.05) is 19.0 Å². The monoisotopic (exact) mass is 413 g/mol. The maximum Gasteiger partial charge on any atom is 0.251 e. The third-order valence-electron chi connectivity index (χ3n) is 5.30. The standard InChI is InChI=1S/C26H24FN3O/c1-17(24-8-5-9-25(29-24)30(2)3)28-26(31)20-12-15-23-19(16-20)6-4-7-22(23)18-10-13-21(27)14-11-18/h4-17H,1-3H3,(H,28,31). The predicted octanol–water partition coefficient (Wildman–Crippen LogP) is 5.60. The van der Waals surface area contributed by atoms with Crippen LogP contribution in [0.3, 0.4) is 0 Å². The van der Waals surface area contributed by atoms with Gasteiger partial charge < -0.3 is 10.2 Å². The van der Waals surface area contributed by atoms with Crippen molar-refractivity contribution < 1.29 is 9.18 Å². The second-order valence-corrected chi connectivity index (χ2v) is 7.76. The molecule has 1 unspecified atom stereocenters. The number of amides is 1. The third kappa shape index (κ3) is 4.40. The first-order chi connectivity index (χ1) is 14.9. The molecule has 0 aliphatic carbocycles. The summed E-state index contributed by atoms with van der Waals surface area (Å²) in [5.74, 6) is 0.430. The van der Waals surface area contributed by atoms with E-state index in [4.69, 9.17) is 0 Å². The molecule has 1 heterocycles. The number of hydrogen-bond acceptors (Lipinski definition) is 3. The van der Waals surface area contributed by atoms with E-state index in [0.717, 1.165) is 33.4 Å². The van der Waals surface area contributed by atoms with Crippen molar-refractivity contribution in [1.29, 1.82) is 0 Å². The number of aromatic nitrogens is 1. The Bertz CT molecular complexity index is 1240. The van der Waals surface area contributed by atoms with Gasteiger partial charge in [0.2, 0.25) is 0 Å². The lowest BCUT2D eigenvalue weighted by molar-refractivity contribution is 0.0939. The van der Waals surface area contributed by atoms with E-state index in [9.17, 15) is 9.18 Å². The van der Waals surface area contributed by atoms with Gasteiger partial charge in [-0.2, -0.15) is 0 Å². The van der Waals surface area contributed by atoms with E-state index in [-0.39, 0.29) is 17.8 Å². The largest absolute Gasteiger partial charge is 0.363 e. The van der Waals surface area contributed by atoms with Crippen LogP contribution in [0.2, 0.25) is 0 Å². The first-order valence-corrected chi connectivity index (χ1v) is 10.2. The van der Waals surface area contributed by atoms with Crippen LogP contribution in [0.25, 0.3) is 21.9 Å². The number of nitrogens with zero attached hydrogens (tertiary/aromatic N) is 2. The summed E-state index contributed by atoms with van der Waals surface area (Å²) in [7, 11) is 3.87. The van der Waals surface area contributed by atoms with Crippen LogP contribution in [-0.4, -0.2) is 25.0 Å². The zero-order valence-corrected chi connectivity index (χ0v) is 17.8. The van der Waals surface area contributed by atoms with Gasteiger partial charge in [0.1, 0.15) is 11.6 Å². The summed E-state index contributed by atoms with van der Waals surface area (Å²) in [6, 6.07) is 23.6. The number of benzene rings is 3. The minimum atomic E-state index is -0.261. The number of anilines is 1. The quantitative estimate of drug-likeness (QED) is 0.463. The highest BCUT2D eigenvalue weighted by Gasteiger charge is 2.14. The maximum absolute atomic E-state index is 13.3. The smallest absolute Gasteiger partial charge is 0.251 e. The average Bonchev–Trinajstić information content (AvgIpc) is 2.79. The number of nitrogens with one attached hydrogen (secondary N) is 1. The van der Waals surface area contributed by atoms with E-state index in [1.807, 2.05) is 80.5 Å². The molecule has 1 amide bonds. The molecule has 0 aliphatic rings. The highest BCUT2D eigenvalue weighted by atomic mass is 19.1. The van der Waals surface area contributed by atoms with Crippen molar-refractivity contribution in [1.82, 2.24) is 10.3 Å². The topological polar surface area (TPSA) is 45.2 Å². The molecule has 0 saturated heterocycles. The average molecular weight is 413 g/mol. The molecule has 3 aromatic carbocycles. The van der Waals surface area contributed by atoms with Gasteiger partial charge in [0, 0.05) is 19.7 Å². The van der Waals surface area contributed by atoms with Crippen LogP contribution in [0, 0.1) is 5.82 Å². The lowest BCUT2D eigenvalue weighted by atomic mass is 9.97. The third-order valence-corrected chi connectivity index (χ3v) is 5.30. The summed E-state index contributed by atoms with van der Waals surface area (Å²) < 4.78 is 13.3. The predicted molar refractivity (Wildman–Crippen MR) is 124 cm³/mol. The lowest BCUT2D eigenvalue weighted by Crippen LogP contribution is -2.27. The van der Waals surface area contributed by atoms with Gasteiger partial charge in [0.15, 0.2) is 0 Å². The van der Waals surface area contributed by atoms with Crippen LogP contribution in [0.1, 0.15) is 29.0 Å². The highest BCUT2D eigenvalue weighted by Crippen LogP contribution is 2.29. The SMILES string of the molecule is CC(NC(=O)c1ccc2c(-c3ccc(F)cc3)cccc2c1)c1cccc(N(C)C)n1. The van der Waals surface area contributed by atoms with Gasteiger partial charge >= 0.3 is 0 Å². The Balaban J connectivity index is 1.59. The molecular weight excluding hydrogens is 389 g/mol. The summed E-state index contributed by atoms with van der Waals surface area (Å²) in [5, 5.41) is 5.00. The molecule has 156 valence electrons. The molecule has 0 aliphatic heterocycles. The molecule has 4 rings (SSSR count). The van der Waals surface area contributed by atoms with E-state index in [1.165, 1.54) is 12.1 Å². The molecule has 1 aromatic heterocycles. The Kier molecular flexibility index (Phi) is 5.67. The number of hydrogen-bond donors (Lipinski definition) is 1. The van der Waals surface area contributed by atoms with Crippen molar-refractivity contribution >= 4 is 22.5 Å². The molecule has 0 saturated carbocycles. The van der Waals surface area contributed by atoms with E-state index in [2.05, 4.69) is 10.3 Å². The summed E-state index contributed by atoms with van der Waals surface area (Å²) in [6.45, 7) is 1.92. The van der Waals surface area contributed by atoms with Crippen LogP contribution >= 0.6 is 0 Å². The Hall–Kier alpha value is -3.73. The second-order valence-electron chi connectivity index (χ2n) is 7.76. The Morgan fingerprint density at radius 1 is 0.968 bits per heavy atom. The normalized spacial score (nSPS) is 11.9. The molecule has 1 atom stereocenters. The number of pyridine rings is 1. The molecule has 0 radical (unpaired) electrons. The van der Waals surface area contributed by atoms with E-state index < -0.39 is 0 Å². The van der Waals surface area contributed by atoms with Gasteiger partial charge in [-0.3, -0.25) is 4.79 Å². The second kappa shape index (κ2) is 8.56. The van der Waals surface area contributed by atoms with Gasteiger partial charge in [-0.05, 0) is 65.2 Å². The van der Waals surface area contributed by atoms with Crippen LogP contribution in [0.4, 0.5) is 10.2 Å². The van der Waals surface area contributed by atoms with Gasteiger partial charge in [-0.25, -0.2) is 9.37 Å². The number of fused-ring (bicyclic) bond motifs is 1. The fourth-order valence-corrected chi connectivity index (χ4v) is 3.59. The Morgan fingerprint density at radius 2 is 1.71 bits per heavy atom. The van der Waals surface area contributed by atoms with Crippen molar-refractivity contribution in [2.45, 2.75) is 13.0 Å². The zero-order valence-electron chi connectivity index (χ0n) is 17.8. The van der Waals surface area contributed by atoms with Gasteiger partial charge in [-0.15, -0.1) is 0 Å². The van der Waals surface area contributed by atoms with Crippen LogP contribution < -0.4 is 10.2 Å². The fourth-order valence-electron chi connectivity index (χ4n) is 3.59. The summed E-state index contributed by atoms with van der Waals surface area (Å²) >= 11 is 0. The molecule has 31 heavy (non-hydrogen) atoms. The molecule has 0 bridgehead atoms. The van der Waals surface area contributed by atoms with Crippen molar-refractivity contribution in [2.24, 2.45) is 0 Å². The molecule has 1 N–H and O–H groups in total. The number of halogens is 1. The van der Waals surface area contributed by atoms with Crippen molar-refractivity contribution in [3.05, 3.63) is 95.9 Å². The Labute approximate surface area is 181 Å². The minimum Gasteiger partial charge on any atom is -0.363 e. The highest BCUT2D eigenvalue weighted by molar-refractivity contribution is 6.02. The van der Waals surface area contributed by atoms with E-state index in [0.29, 0.717) is 5.56 Å². The first kappa shape index (κ1) is 20.5. The van der Waals surface area contributed by atoms with Crippen LogP contribution in [0.5, 0.6) is 0 Å². The molecule has 0 spiro atoms. The minimum absolute atomic E-state index is 0.154. The number of carbonyl (C=O) groups is 1. The Morgan fingerprint density at radius 3 is 2.45 bits per heavy atom. The van der Waals surface area contributed by atoms with E-state index >= 15 is 0 Å². The first-order valence-electron chi connectivity index (χ1n) is 10.2. The molecule has 5 heteroatoms. The zero-order chi connectivity index (χ0) is 22.0. The number of rotatable bonds is 5. The van der Waals surface area contributed by atoms with Crippen molar-refractivity contribution in [3.63, 3.8) is 0 Å². The van der Waals surface area contributed by atoms with Gasteiger partial charge in [-0.1, -0.05) is 42.5 Å². The summed E-state index contributed by atoms with van der Waals surface area (Å²) in [6.07, 6.45) is 0. The van der Waals surface area contributed by atoms with Gasteiger partial charge in [0.05, 0.1) is 11.7 Å². The van der Waals surface area contributed by atoms with Crippen molar-refractivity contribution in [3.8, 4) is 11.1 Å².